The lowest BCUT2D eigenvalue weighted by Crippen LogP contribution is -2.27. The van der Waals surface area contributed by atoms with Crippen molar-refractivity contribution in [2.45, 2.75) is 19.4 Å². The predicted octanol–water partition coefficient (Wildman–Crippen LogP) is 2.79. The summed E-state index contributed by atoms with van der Waals surface area (Å²) in [6.45, 7) is 0.391. The van der Waals surface area contributed by atoms with E-state index < -0.39 is 5.63 Å². The Balaban J connectivity index is 1.63. The largest absolute Gasteiger partial charge is 0.420 e. The fourth-order valence-electron chi connectivity index (χ4n) is 2.86. The highest BCUT2D eigenvalue weighted by Crippen LogP contribution is 2.17. The molecular weight excluding hydrogens is 394 g/mol. The van der Waals surface area contributed by atoms with E-state index in [0.717, 1.165) is 5.56 Å². The second kappa shape index (κ2) is 8.87. The molecule has 0 bridgehead atoms. The molecule has 0 aliphatic carbocycles. The lowest BCUT2D eigenvalue weighted by atomic mass is 10.1. The van der Waals surface area contributed by atoms with Gasteiger partial charge < -0.3 is 14.6 Å². The van der Waals surface area contributed by atoms with E-state index >= 15 is 0 Å². The van der Waals surface area contributed by atoms with Crippen LogP contribution < -0.4 is 10.9 Å². The van der Waals surface area contributed by atoms with Gasteiger partial charge in [0.2, 0.25) is 5.91 Å². The standard InChI is InChI=1S/C21H20ClN3O4/c1-23-20(27)14-5-3-13(4-6-14)12-25(2)19(26)10-8-16-21(28)29-18-9-7-15(22)11-17(18)24-16/h3-7,9,11H,8,10,12H2,1-2H3,(H,23,27). The Hall–Kier alpha value is -3.19. The van der Waals surface area contributed by atoms with Gasteiger partial charge in [0.25, 0.3) is 5.91 Å². The molecule has 150 valence electrons. The highest BCUT2D eigenvalue weighted by atomic mass is 35.5. The average Bonchev–Trinajstić information content (AvgIpc) is 2.72. The Kier molecular flexibility index (Phi) is 6.29. The molecule has 7 nitrogen and oxygen atoms in total. The van der Waals surface area contributed by atoms with Crippen LogP contribution in [-0.2, 0) is 17.8 Å². The summed E-state index contributed by atoms with van der Waals surface area (Å²) in [5.74, 6) is -0.295. The van der Waals surface area contributed by atoms with Crippen LogP contribution in [0.15, 0.2) is 51.7 Å². The lowest BCUT2D eigenvalue weighted by molar-refractivity contribution is -0.130. The van der Waals surface area contributed by atoms with Crippen LogP contribution in [0.2, 0.25) is 5.02 Å². The van der Waals surface area contributed by atoms with Crippen molar-refractivity contribution >= 4 is 34.5 Å². The number of carbonyl (C=O) groups excluding carboxylic acids is 2. The van der Waals surface area contributed by atoms with Crippen LogP contribution in [0.25, 0.3) is 11.1 Å². The molecule has 2 amide bonds. The van der Waals surface area contributed by atoms with Crippen LogP contribution in [0, 0.1) is 0 Å². The molecule has 1 aromatic heterocycles. The number of amides is 2. The lowest BCUT2D eigenvalue weighted by Gasteiger charge is -2.17. The maximum Gasteiger partial charge on any atom is 0.358 e. The van der Waals surface area contributed by atoms with Crippen molar-refractivity contribution in [3.63, 3.8) is 0 Å². The molecule has 0 atom stereocenters. The van der Waals surface area contributed by atoms with Gasteiger partial charge in [0.05, 0.1) is 0 Å². The van der Waals surface area contributed by atoms with Crippen molar-refractivity contribution in [1.29, 1.82) is 0 Å². The zero-order chi connectivity index (χ0) is 21.0. The maximum atomic E-state index is 12.5. The second-order valence-corrected chi connectivity index (χ2v) is 7.02. The summed E-state index contributed by atoms with van der Waals surface area (Å²) >= 11 is 5.95. The first kappa shape index (κ1) is 20.5. The van der Waals surface area contributed by atoms with E-state index in [1.54, 1.807) is 61.5 Å². The molecule has 0 saturated carbocycles. The van der Waals surface area contributed by atoms with E-state index in [-0.39, 0.29) is 30.3 Å². The number of benzene rings is 2. The molecule has 8 heteroatoms. The van der Waals surface area contributed by atoms with Crippen LogP contribution in [0.1, 0.15) is 28.0 Å². The van der Waals surface area contributed by atoms with Crippen molar-refractivity contribution in [3.05, 3.63) is 74.7 Å². The van der Waals surface area contributed by atoms with Crippen molar-refractivity contribution in [2.24, 2.45) is 0 Å². The summed E-state index contributed by atoms with van der Waals surface area (Å²) in [7, 11) is 3.26. The zero-order valence-corrected chi connectivity index (χ0v) is 16.8. The Bertz CT molecular complexity index is 1110. The number of halogens is 1. The van der Waals surface area contributed by atoms with E-state index in [2.05, 4.69) is 10.3 Å². The fourth-order valence-corrected chi connectivity index (χ4v) is 3.02. The molecule has 0 saturated heterocycles. The Morgan fingerprint density at radius 2 is 1.90 bits per heavy atom. The van der Waals surface area contributed by atoms with Crippen molar-refractivity contribution < 1.29 is 14.0 Å². The Morgan fingerprint density at radius 1 is 1.17 bits per heavy atom. The number of rotatable bonds is 6. The minimum absolute atomic E-state index is 0.122. The molecule has 3 aromatic rings. The van der Waals surface area contributed by atoms with Gasteiger partial charge in [-0.15, -0.1) is 0 Å². The highest BCUT2D eigenvalue weighted by molar-refractivity contribution is 6.31. The van der Waals surface area contributed by atoms with Crippen LogP contribution in [0.3, 0.4) is 0 Å². The summed E-state index contributed by atoms with van der Waals surface area (Å²) in [5, 5.41) is 3.05. The fraction of sp³-hybridized carbons (Fsp3) is 0.238. The highest BCUT2D eigenvalue weighted by Gasteiger charge is 2.14. The third kappa shape index (κ3) is 5.00. The van der Waals surface area contributed by atoms with Gasteiger partial charge in [0.1, 0.15) is 11.2 Å². The van der Waals surface area contributed by atoms with Crippen LogP contribution in [0.4, 0.5) is 0 Å². The van der Waals surface area contributed by atoms with Crippen LogP contribution in [-0.4, -0.2) is 35.8 Å². The van der Waals surface area contributed by atoms with E-state index in [0.29, 0.717) is 28.2 Å². The van der Waals surface area contributed by atoms with Crippen LogP contribution >= 0.6 is 11.6 Å². The molecule has 0 aliphatic rings. The number of hydrogen-bond acceptors (Lipinski definition) is 5. The van der Waals surface area contributed by atoms with Gasteiger partial charge in [0.15, 0.2) is 5.58 Å². The van der Waals surface area contributed by atoms with Gasteiger partial charge >= 0.3 is 5.63 Å². The number of aryl methyl sites for hydroxylation is 1. The normalized spacial score (nSPS) is 10.7. The number of nitrogens with one attached hydrogen (secondary N) is 1. The SMILES string of the molecule is CNC(=O)c1ccc(CN(C)C(=O)CCc2nc3cc(Cl)ccc3oc2=O)cc1. The van der Waals surface area contributed by atoms with E-state index in [1.165, 1.54) is 0 Å². The third-order valence-electron chi connectivity index (χ3n) is 4.48. The van der Waals surface area contributed by atoms with Crippen molar-refractivity contribution in [3.8, 4) is 0 Å². The minimum Gasteiger partial charge on any atom is -0.420 e. The van der Waals surface area contributed by atoms with Gasteiger partial charge in [-0.3, -0.25) is 9.59 Å². The van der Waals surface area contributed by atoms with Crippen molar-refractivity contribution in [2.75, 3.05) is 14.1 Å². The van der Waals surface area contributed by atoms with Gasteiger partial charge in [-0.1, -0.05) is 23.7 Å². The van der Waals surface area contributed by atoms with Gasteiger partial charge in [0, 0.05) is 44.1 Å². The molecule has 1 N–H and O–H groups in total. The predicted molar refractivity (Wildman–Crippen MR) is 110 cm³/mol. The molecule has 0 spiro atoms. The molecule has 0 aliphatic heterocycles. The summed E-state index contributed by atoms with van der Waals surface area (Å²) < 4.78 is 5.24. The smallest absolute Gasteiger partial charge is 0.358 e. The quantitative estimate of drug-likeness (QED) is 0.670. The van der Waals surface area contributed by atoms with E-state index in [4.69, 9.17) is 16.0 Å². The topological polar surface area (TPSA) is 92.5 Å². The number of nitrogens with zero attached hydrogens (tertiary/aromatic N) is 2. The molecular formula is C21H20ClN3O4. The van der Waals surface area contributed by atoms with E-state index in [9.17, 15) is 14.4 Å². The first-order valence-corrected chi connectivity index (χ1v) is 9.39. The van der Waals surface area contributed by atoms with E-state index in [1.807, 2.05) is 0 Å². The zero-order valence-electron chi connectivity index (χ0n) is 16.1. The maximum absolute atomic E-state index is 12.5. The summed E-state index contributed by atoms with van der Waals surface area (Å²) in [6.07, 6.45) is 0.292. The van der Waals surface area contributed by atoms with Gasteiger partial charge in [-0.2, -0.15) is 0 Å². The Labute approximate surface area is 172 Å². The monoisotopic (exact) mass is 413 g/mol. The molecule has 2 aromatic carbocycles. The minimum atomic E-state index is -0.555. The number of carbonyl (C=O) groups is 2. The molecule has 29 heavy (non-hydrogen) atoms. The molecule has 0 fully saturated rings. The van der Waals surface area contributed by atoms with Crippen molar-refractivity contribution in [1.82, 2.24) is 15.2 Å². The first-order chi connectivity index (χ1) is 13.9. The number of hydrogen-bond donors (Lipinski definition) is 1. The Morgan fingerprint density at radius 3 is 2.59 bits per heavy atom. The molecule has 0 unspecified atom stereocenters. The van der Waals surface area contributed by atoms with Gasteiger partial charge in [-0.25, -0.2) is 9.78 Å². The number of aromatic nitrogens is 1. The summed E-state index contributed by atoms with van der Waals surface area (Å²) in [6, 6.07) is 11.8. The molecule has 0 radical (unpaired) electrons. The van der Waals surface area contributed by atoms with Gasteiger partial charge in [-0.05, 0) is 35.9 Å². The van der Waals surface area contributed by atoms with Crippen LogP contribution in [0.5, 0.6) is 0 Å². The molecule has 3 rings (SSSR count). The number of fused-ring (bicyclic) bond motifs is 1. The second-order valence-electron chi connectivity index (χ2n) is 6.59. The average molecular weight is 414 g/mol. The molecule has 1 heterocycles. The summed E-state index contributed by atoms with van der Waals surface area (Å²) in [5.41, 5.74) is 1.92. The third-order valence-corrected chi connectivity index (χ3v) is 4.71. The summed E-state index contributed by atoms with van der Waals surface area (Å²) in [4.78, 5) is 42.0. The first-order valence-electron chi connectivity index (χ1n) is 9.01.